The van der Waals surface area contributed by atoms with E-state index in [-0.39, 0.29) is 5.82 Å². The lowest BCUT2D eigenvalue weighted by Crippen LogP contribution is -2.23. The van der Waals surface area contributed by atoms with Crippen molar-refractivity contribution in [1.82, 2.24) is 0 Å². The minimum absolute atomic E-state index is 0.170. The van der Waals surface area contributed by atoms with Gasteiger partial charge in [-0.25, -0.2) is 4.39 Å². The van der Waals surface area contributed by atoms with E-state index in [9.17, 15) is 4.39 Å². The van der Waals surface area contributed by atoms with Crippen LogP contribution in [-0.4, -0.2) is 19.6 Å². The Kier molecular flexibility index (Phi) is 7.42. The van der Waals surface area contributed by atoms with Crippen LogP contribution in [-0.2, 0) is 0 Å². The van der Waals surface area contributed by atoms with Crippen LogP contribution in [0.2, 0.25) is 0 Å². The first-order valence-corrected chi connectivity index (χ1v) is 6.98. The first kappa shape index (κ1) is 15.0. The normalized spacial score (nSPS) is 10.6. The third kappa shape index (κ3) is 5.50. The van der Waals surface area contributed by atoms with E-state index in [0.717, 1.165) is 31.7 Å². The second-order valence-electron chi connectivity index (χ2n) is 4.61. The molecule has 2 N–H and O–H groups in total. The summed E-state index contributed by atoms with van der Waals surface area (Å²) in [5.41, 5.74) is 6.57. The van der Waals surface area contributed by atoms with Crippen LogP contribution < -0.4 is 10.6 Å². The molecule has 3 heteroatoms. The van der Waals surface area contributed by atoms with Crippen LogP contribution >= 0.6 is 0 Å². The number of hydrogen-bond donors (Lipinski definition) is 1. The molecule has 0 aromatic heterocycles. The van der Waals surface area contributed by atoms with Crippen LogP contribution in [0.3, 0.4) is 0 Å². The van der Waals surface area contributed by atoms with Gasteiger partial charge in [-0.15, -0.1) is 0 Å². The highest BCUT2D eigenvalue weighted by Crippen LogP contribution is 2.15. The summed E-state index contributed by atoms with van der Waals surface area (Å²) < 4.78 is 12.9. The van der Waals surface area contributed by atoms with Crippen LogP contribution in [0, 0.1) is 5.82 Å². The van der Waals surface area contributed by atoms with E-state index in [1.165, 1.54) is 37.8 Å². The summed E-state index contributed by atoms with van der Waals surface area (Å²) in [4.78, 5) is 2.29. The molecular weight excluding hydrogens is 227 g/mol. The molecule has 0 heterocycles. The Morgan fingerprint density at radius 1 is 1.00 bits per heavy atom. The fourth-order valence-corrected chi connectivity index (χ4v) is 2.10. The van der Waals surface area contributed by atoms with Gasteiger partial charge in [0.05, 0.1) is 0 Å². The van der Waals surface area contributed by atoms with Gasteiger partial charge in [-0.1, -0.05) is 19.3 Å². The van der Waals surface area contributed by atoms with Crippen molar-refractivity contribution in [2.75, 3.05) is 24.5 Å². The number of hydrogen-bond acceptors (Lipinski definition) is 2. The molecule has 1 aromatic carbocycles. The van der Waals surface area contributed by atoms with Gasteiger partial charge in [0.15, 0.2) is 0 Å². The van der Waals surface area contributed by atoms with Crippen LogP contribution in [0.1, 0.15) is 39.0 Å². The van der Waals surface area contributed by atoms with Crippen molar-refractivity contribution in [2.45, 2.75) is 39.0 Å². The molecule has 0 spiro atoms. The Morgan fingerprint density at radius 2 is 1.61 bits per heavy atom. The molecule has 0 unspecified atom stereocenters. The average molecular weight is 252 g/mol. The Morgan fingerprint density at radius 3 is 2.22 bits per heavy atom. The zero-order chi connectivity index (χ0) is 13.2. The van der Waals surface area contributed by atoms with E-state index in [2.05, 4.69) is 11.8 Å². The first-order valence-electron chi connectivity index (χ1n) is 6.98. The Labute approximate surface area is 110 Å². The maximum atomic E-state index is 12.9. The van der Waals surface area contributed by atoms with E-state index in [4.69, 9.17) is 5.73 Å². The second kappa shape index (κ2) is 8.92. The summed E-state index contributed by atoms with van der Waals surface area (Å²) >= 11 is 0. The van der Waals surface area contributed by atoms with Crippen LogP contribution in [0.4, 0.5) is 10.1 Å². The zero-order valence-corrected chi connectivity index (χ0v) is 11.4. The first-order chi connectivity index (χ1) is 8.77. The highest BCUT2D eigenvalue weighted by molar-refractivity contribution is 5.45. The van der Waals surface area contributed by atoms with Crippen LogP contribution in [0.25, 0.3) is 0 Å². The summed E-state index contributed by atoms with van der Waals surface area (Å²) in [6.07, 6.45) is 6.07. The summed E-state index contributed by atoms with van der Waals surface area (Å²) in [6.45, 7) is 4.95. The van der Waals surface area contributed by atoms with Crippen molar-refractivity contribution in [2.24, 2.45) is 5.73 Å². The van der Waals surface area contributed by atoms with Gasteiger partial charge in [0.2, 0.25) is 0 Å². The largest absolute Gasteiger partial charge is 0.372 e. The topological polar surface area (TPSA) is 29.3 Å². The van der Waals surface area contributed by atoms with Crippen molar-refractivity contribution in [1.29, 1.82) is 0 Å². The molecular formula is C15H25FN2. The number of nitrogens with two attached hydrogens (primary N) is 1. The van der Waals surface area contributed by atoms with Gasteiger partial charge in [-0.2, -0.15) is 0 Å². The molecule has 0 aliphatic carbocycles. The summed E-state index contributed by atoms with van der Waals surface area (Å²) in [5.74, 6) is -0.170. The average Bonchev–Trinajstić information content (AvgIpc) is 2.39. The number of unbranched alkanes of at least 4 members (excludes halogenated alkanes) is 4. The molecule has 1 rings (SSSR count). The summed E-state index contributed by atoms with van der Waals surface area (Å²) in [5, 5.41) is 0. The predicted octanol–water partition coefficient (Wildman–Crippen LogP) is 3.56. The molecule has 18 heavy (non-hydrogen) atoms. The molecule has 0 amide bonds. The maximum absolute atomic E-state index is 12.9. The highest BCUT2D eigenvalue weighted by Gasteiger charge is 2.03. The van der Waals surface area contributed by atoms with Crippen molar-refractivity contribution in [3.05, 3.63) is 30.1 Å². The Balaban J connectivity index is 2.27. The lowest BCUT2D eigenvalue weighted by Gasteiger charge is -2.23. The Hall–Kier alpha value is -1.09. The van der Waals surface area contributed by atoms with Crippen LogP contribution in [0.5, 0.6) is 0 Å². The van der Waals surface area contributed by atoms with Gasteiger partial charge in [0.25, 0.3) is 0 Å². The predicted molar refractivity (Wildman–Crippen MR) is 76.4 cm³/mol. The van der Waals surface area contributed by atoms with Crippen LogP contribution in [0.15, 0.2) is 24.3 Å². The van der Waals surface area contributed by atoms with Gasteiger partial charge >= 0.3 is 0 Å². The molecule has 0 aliphatic rings. The lowest BCUT2D eigenvalue weighted by molar-refractivity contribution is 0.609. The van der Waals surface area contributed by atoms with Crippen molar-refractivity contribution < 1.29 is 4.39 Å². The third-order valence-corrected chi connectivity index (χ3v) is 3.21. The number of rotatable bonds is 9. The summed E-state index contributed by atoms with van der Waals surface area (Å²) in [7, 11) is 0. The second-order valence-corrected chi connectivity index (χ2v) is 4.61. The van der Waals surface area contributed by atoms with Gasteiger partial charge in [-0.05, 0) is 50.6 Å². The minimum atomic E-state index is -0.170. The number of anilines is 1. The summed E-state index contributed by atoms with van der Waals surface area (Å²) in [6, 6.07) is 6.76. The van der Waals surface area contributed by atoms with E-state index in [0.29, 0.717) is 0 Å². The van der Waals surface area contributed by atoms with E-state index in [1.807, 2.05) is 12.1 Å². The SMILES string of the molecule is CCN(CCCCCCCN)c1ccc(F)cc1. The standard InChI is InChI=1S/C15H25FN2/c1-2-18(13-7-5-3-4-6-12-17)15-10-8-14(16)9-11-15/h8-11H,2-7,12-13,17H2,1H3. The molecule has 0 saturated carbocycles. The van der Waals surface area contributed by atoms with Gasteiger partial charge < -0.3 is 10.6 Å². The molecule has 0 saturated heterocycles. The molecule has 0 fully saturated rings. The van der Waals surface area contributed by atoms with Gasteiger partial charge in [0, 0.05) is 18.8 Å². The van der Waals surface area contributed by atoms with E-state index < -0.39 is 0 Å². The van der Waals surface area contributed by atoms with Gasteiger partial charge in [0.1, 0.15) is 5.82 Å². The molecule has 2 nitrogen and oxygen atoms in total. The van der Waals surface area contributed by atoms with Crippen molar-refractivity contribution in [3.63, 3.8) is 0 Å². The quantitative estimate of drug-likeness (QED) is 0.681. The van der Waals surface area contributed by atoms with Gasteiger partial charge in [-0.3, -0.25) is 0 Å². The molecule has 0 aliphatic heterocycles. The molecule has 0 bridgehead atoms. The van der Waals surface area contributed by atoms with Crippen molar-refractivity contribution in [3.8, 4) is 0 Å². The molecule has 0 radical (unpaired) electrons. The Bertz CT molecular complexity index is 311. The zero-order valence-electron chi connectivity index (χ0n) is 11.4. The molecule has 102 valence electrons. The number of benzene rings is 1. The molecule has 1 aromatic rings. The molecule has 0 atom stereocenters. The fourth-order valence-electron chi connectivity index (χ4n) is 2.10. The monoisotopic (exact) mass is 252 g/mol. The lowest BCUT2D eigenvalue weighted by atomic mass is 10.1. The smallest absolute Gasteiger partial charge is 0.123 e. The number of halogens is 1. The van der Waals surface area contributed by atoms with E-state index in [1.54, 1.807) is 0 Å². The third-order valence-electron chi connectivity index (χ3n) is 3.21. The van der Waals surface area contributed by atoms with Crippen molar-refractivity contribution >= 4 is 5.69 Å². The minimum Gasteiger partial charge on any atom is -0.372 e. The maximum Gasteiger partial charge on any atom is 0.123 e. The fraction of sp³-hybridized carbons (Fsp3) is 0.600. The number of nitrogens with zero attached hydrogens (tertiary/aromatic N) is 1. The highest BCUT2D eigenvalue weighted by atomic mass is 19.1. The van der Waals surface area contributed by atoms with E-state index >= 15 is 0 Å².